The first-order chi connectivity index (χ1) is 13.3. The summed E-state index contributed by atoms with van der Waals surface area (Å²) in [7, 11) is 0. The highest BCUT2D eigenvalue weighted by Crippen LogP contribution is 2.20. The average Bonchev–Trinajstić information content (AvgIpc) is 3.26. The van der Waals surface area contributed by atoms with Gasteiger partial charge in [0.05, 0.1) is 0 Å². The molecule has 9 heteroatoms. The number of rotatable bonds is 4. The van der Waals surface area contributed by atoms with Crippen molar-refractivity contribution in [2.24, 2.45) is 0 Å². The van der Waals surface area contributed by atoms with Crippen molar-refractivity contribution in [3.8, 4) is 0 Å². The Balaban J connectivity index is 1.42. The van der Waals surface area contributed by atoms with Gasteiger partial charge in [0.15, 0.2) is 11.3 Å². The second-order valence-corrected chi connectivity index (χ2v) is 6.66. The van der Waals surface area contributed by atoms with E-state index in [1.807, 2.05) is 52.4 Å². The number of hydrogen-bond acceptors (Lipinski definition) is 7. The van der Waals surface area contributed by atoms with Crippen LogP contribution in [0.4, 0.5) is 17.5 Å². The summed E-state index contributed by atoms with van der Waals surface area (Å²) >= 11 is 0. The molecule has 0 radical (unpaired) electrons. The molecule has 1 fully saturated rings. The van der Waals surface area contributed by atoms with E-state index in [2.05, 4.69) is 30.9 Å². The van der Waals surface area contributed by atoms with E-state index in [-0.39, 0.29) is 0 Å². The Morgan fingerprint density at radius 2 is 2.00 bits per heavy atom. The maximum Gasteiger partial charge on any atom is 0.247 e. The number of hydrogen-bond donors (Lipinski definition) is 2. The highest BCUT2D eigenvalue weighted by molar-refractivity contribution is 5.61. The van der Waals surface area contributed by atoms with E-state index in [0.717, 1.165) is 54.7 Å². The first-order valence-corrected chi connectivity index (χ1v) is 9.05. The molecule has 0 amide bonds. The smallest absolute Gasteiger partial charge is 0.247 e. The molecule has 2 N–H and O–H groups in total. The van der Waals surface area contributed by atoms with E-state index in [4.69, 9.17) is 4.74 Å². The number of anilines is 3. The predicted octanol–water partition coefficient (Wildman–Crippen LogP) is 2.41. The van der Waals surface area contributed by atoms with Gasteiger partial charge < -0.3 is 15.4 Å². The van der Waals surface area contributed by atoms with Gasteiger partial charge in [-0.05, 0) is 38.0 Å². The SMILES string of the molecule is Cc1nnc2cc(Nc3nc4cccc(NC5CCOCC5)n4n3)ccn12. The number of aryl methyl sites for hydroxylation is 1. The summed E-state index contributed by atoms with van der Waals surface area (Å²) in [5, 5.41) is 19.7. The van der Waals surface area contributed by atoms with Crippen LogP contribution in [-0.2, 0) is 4.74 Å². The van der Waals surface area contributed by atoms with E-state index in [1.54, 1.807) is 0 Å². The monoisotopic (exact) mass is 364 g/mol. The van der Waals surface area contributed by atoms with Crippen molar-refractivity contribution in [2.75, 3.05) is 23.8 Å². The summed E-state index contributed by atoms with van der Waals surface area (Å²) in [5.74, 6) is 2.33. The summed E-state index contributed by atoms with van der Waals surface area (Å²) in [4.78, 5) is 4.58. The Hall–Kier alpha value is -3.20. The molecule has 0 saturated carbocycles. The topological polar surface area (TPSA) is 93.7 Å². The maximum absolute atomic E-state index is 5.43. The van der Waals surface area contributed by atoms with Gasteiger partial charge in [0.25, 0.3) is 0 Å². The van der Waals surface area contributed by atoms with Gasteiger partial charge >= 0.3 is 0 Å². The number of nitrogens with one attached hydrogen (secondary N) is 2. The van der Waals surface area contributed by atoms with Gasteiger partial charge in [-0.1, -0.05) is 6.07 Å². The van der Waals surface area contributed by atoms with Gasteiger partial charge in [-0.15, -0.1) is 15.3 Å². The van der Waals surface area contributed by atoms with Crippen LogP contribution in [0.3, 0.4) is 0 Å². The molecular formula is C18H20N8O. The van der Waals surface area contributed by atoms with Crippen LogP contribution < -0.4 is 10.6 Å². The summed E-state index contributed by atoms with van der Waals surface area (Å²) in [6.45, 7) is 3.51. The number of ether oxygens (including phenoxy) is 1. The fourth-order valence-electron chi connectivity index (χ4n) is 3.34. The zero-order valence-electron chi connectivity index (χ0n) is 15.0. The quantitative estimate of drug-likeness (QED) is 0.574. The van der Waals surface area contributed by atoms with E-state index < -0.39 is 0 Å². The second-order valence-electron chi connectivity index (χ2n) is 6.66. The molecule has 0 aromatic carbocycles. The molecule has 0 unspecified atom stereocenters. The molecule has 0 atom stereocenters. The van der Waals surface area contributed by atoms with Crippen molar-refractivity contribution in [3.63, 3.8) is 0 Å². The first-order valence-electron chi connectivity index (χ1n) is 9.05. The molecule has 9 nitrogen and oxygen atoms in total. The second kappa shape index (κ2) is 6.51. The molecule has 0 aliphatic carbocycles. The molecular weight excluding hydrogens is 344 g/mol. The van der Waals surface area contributed by atoms with Crippen LogP contribution in [0.25, 0.3) is 11.3 Å². The fourth-order valence-corrected chi connectivity index (χ4v) is 3.34. The summed E-state index contributed by atoms with van der Waals surface area (Å²) < 4.78 is 9.19. The molecule has 1 aliphatic heterocycles. The molecule has 27 heavy (non-hydrogen) atoms. The van der Waals surface area contributed by atoms with Crippen LogP contribution in [0, 0.1) is 6.92 Å². The first kappa shape index (κ1) is 16.0. The Morgan fingerprint density at radius 1 is 1.11 bits per heavy atom. The fraction of sp³-hybridized carbons (Fsp3) is 0.333. The third kappa shape index (κ3) is 3.06. The van der Waals surface area contributed by atoms with E-state index >= 15 is 0 Å². The van der Waals surface area contributed by atoms with Crippen LogP contribution in [0.5, 0.6) is 0 Å². The van der Waals surface area contributed by atoms with Crippen LogP contribution in [0.15, 0.2) is 36.5 Å². The van der Waals surface area contributed by atoms with Crippen molar-refractivity contribution < 1.29 is 4.74 Å². The summed E-state index contributed by atoms with van der Waals surface area (Å²) in [6.07, 6.45) is 3.92. The number of fused-ring (bicyclic) bond motifs is 2. The van der Waals surface area contributed by atoms with E-state index in [1.165, 1.54) is 0 Å². The van der Waals surface area contributed by atoms with E-state index in [9.17, 15) is 0 Å². The van der Waals surface area contributed by atoms with Crippen molar-refractivity contribution >= 4 is 28.7 Å². The minimum atomic E-state index is 0.392. The maximum atomic E-state index is 5.43. The molecule has 4 aromatic rings. The molecule has 5 rings (SSSR count). The number of nitrogens with zero attached hydrogens (tertiary/aromatic N) is 6. The third-order valence-electron chi connectivity index (χ3n) is 4.77. The Bertz CT molecular complexity index is 1100. The molecule has 1 saturated heterocycles. The Kier molecular flexibility index (Phi) is 3.86. The van der Waals surface area contributed by atoms with Crippen LogP contribution in [0.2, 0.25) is 0 Å². The molecule has 4 aromatic heterocycles. The molecule has 1 aliphatic rings. The lowest BCUT2D eigenvalue weighted by atomic mass is 10.1. The zero-order chi connectivity index (χ0) is 18.2. The van der Waals surface area contributed by atoms with Gasteiger partial charge in [-0.2, -0.15) is 9.50 Å². The van der Waals surface area contributed by atoms with Crippen molar-refractivity contribution in [1.82, 2.24) is 29.2 Å². The van der Waals surface area contributed by atoms with Gasteiger partial charge in [0.2, 0.25) is 5.95 Å². The summed E-state index contributed by atoms with van der Waals surface area (Å²) in [5.41, 5.74) is 2.43. The molecule has 5 heterocycles. The van der Waals surface area contributed by atoms with Crippen LogP contribution in [-0.4, -0.2) is 48.5 Å². The van der Waals surface area contributed by atoms with Gasteiger partial charge in [0, 0.05) is 37.2 Å². The number of aromatic nitrogens is 6. The Morgan fingerprint density at radius 3 is 2.89 bits per heavy atom. The summed E-state index contributed by atoms with van der Waals surface area (Å²) in [6, 6.07) is 10.2. The lowest BCUT2D eigenvalue weighted by molar-refractivity contribution is 0.0903. The third-order valence-corrected chi connectivity index (χ3v) is 4.77. The average molecular weight is 364 g/mol. The zero-order valence-corrected chi connectivity index (χ0v) is 15.0. The van der Waals surface area contributed by atoms with Gasteiger partial charge in [-0.25, -0.2) is 0 Å². The van der Waals surface area contributed by atoms with Gasteiger partial charge in [-0.3, -0.25) is 4.40 Å². The number of pyridine rings is 2. The van der Waals surface area contributed by atoms with Crippen molar-refractivity contribution in [2.45, 2.75) is 25.8 Å². The highest BCUT2D eigenvalue weighted by Gasteiger charge is 2.15. The van der Waals surface area contributed by atoms with Gasteiger partial charge in [0.1, 0.15) is 11.6 Å². The van der Waals surface area contributed by atoms with Crippen LogP contribution in [0.1, 0.15) is 18.7 Å². The lowest BCUT2D eigenvalue weighted by Gasteiger charge is -2.24. The molecule has 138 valence electrons. The largest absolute Gasteiger partial charge is 0.381 e. The minimum Gasteiger partial charge on any atom is -0.381 e. The lowest BCUT2D eigenvalue weighted by Crippen LogP contribution is -2.28. The Labute approximate surface area is 155 Å². The van der Waals surface area contributed by atoms with E-state index in [0.29, 0.717) is 12.0 Å². The predicted molar refractivity (Wildman–Crippen MR) is 101 cm³/mol. The molecule has 0 bridgehead atoms. The van der Waals surface area contributed by atoms with Crippen molar-refractivity contribution in [1.29, 1.82) is 0 Å². The van der Waals surface area contributed by atoms with Crippen LogP contribution >= 0.6 is 0 Å². The standard InChI is InChI=1S/C18H20N8O/c1-12-22-23-17-11-14(5-8-25(12)17)20-18-21-16-4-2-3-15(26(16)24-18)19-13-6-9-27-10-7-13/h2-5,8,11,13,19H,6-7,9-10H2,1H3,(H,20,24). The molecule has 0 spiro atoms. The minimum absolute atomic E-state index is 0.392. The highest BCUT2D eigenvalue weighted by atomic mass is 16.5. The normalized spacial score (nSPS) is 15.4. The van der Waals surface area contributed by atoms with Crippen molar-refractivity contribution in [3.05, 3.63) is 42.4 Å².